The zero-order chi connectivity index (χ0) is 20.9. The maximum atomic E-state index is 13.6. The second-order valence-corrected chi connectivity index (χ2v) is 8.88. The SMILES string of the molecule is N#Cc1ccc(S(=O)(=O)N2CCC(C(=O)NCCc3ccccc3F)CC2)cc1. The summed E-state index contributed by atoms with van der Waals surface area (Å²) in [5.74, 6) is -0.678. The lowest BCUT2D eigenvalue weighted by atomic mass is 9.97. The van der Waals surface area contributed by atoms with Gasteiger partial charge < -0.3 is 5.32 Å². The van der Waals surface area contributed by atoms with Crippen molar-refractivity contribution >= 4 is 15.9 Å². The van der Waals surface area contributed by atoms with Crippen molar-refractivity contribution in [3.05, 3.63) is 65.5 Å². The van der Waals surface area contributed by atoms with Crippen molar-refractivity contribution in [2.75, 3.05) is 19.6 Å². The number of amides is 1. The van der Waals surface area contributed by atoms with Gasteiger partial charge in [-0.1, -0.05) is 18.2 Å². The number of carbonyl (C=O) groups is 1. The zero-order valence-electron chi connectivity index (χ0n) is 15.8. The predicted octanol–water partition coefficient (Wildman–Crippen LogP) is 2.46. The van der Waals surface area contributed by atoms with Crippen LogP contribution >= 0.6 is 0 Å². The highest BCUT2D eigenvalue weighted by molar-refractivity contribution is 7.89. The van der Waals surface area contributed by atoms with Gasteiger partial charge in [0, 0.05) is 25.6 Å². The van der Waals surface area contributed by atoms with Crippen LogP contribution in [0.15, 0.2) is 53.4 Å². The molecule has 3 rings (SSSR count). The van der Waals surface area contributed by atoms with Crippen LogP contribution in [0.3, 0.4) is 0 Å². The predicted molar refractivity (Wildman–Crippen MR) is 106 cm³/mol. The molecule has 0 unspecified atom stereocenters. The van der Waals surface area contributed by atoms with Crippen molar-refractivity contribution in [1.29, 1.82) is 5.26 Å². The van der Waals surface area contributed by atoms with Crippen LogP contribution in [0.1, 0.15) is 24.0 Å². The summed E-state index contributed by atoms with van der Waals surface area (Å²) < 4.78 is 40.4. The lowest BCUT2D eigenvalue weighted by molar-refractivity contribution is -0.126. The second-order valence-electron chi connectivity index (χ2n) is 6.95. The number of benzene rings is 2. The third kappa shape index (κ3) is 5.00. The Bertz CT molecular complexity index is 1010. The van der Waals surface area contributed by atoms with Gasteiger partial charge >= 0.3 is 0 Å². The number of nitrogens with zero attached hydrogens (tertiary/aromatic N) is 2. The third-order valence-corrected chi connectivity index (χ3v) is 7.01. The van der Waals surface area contributed by atoms with Crippen LogP contribution in [0, 0.1) is 23.1 Å². The summed E-state index contributed by atoms with van der Waals surface area (Å²) in [7, 11) is -3.64. The topological polar surface area (TPSA) is 90.3 Å². The molecule has 0 aliphatic carbocycles. The number of nitriles is 1. The van der Waals surface area contributed by atoms with Gasteiger partial charge in [-0.15, -0.1) is 0 Å². The minimum absolute atomic E-state index is 0.128. The molecular weight excluding hydrogens is 393 g/mol. The molecule has 2 aromatic carbocycles. The Morgan fingerprint density at radius 1 is 1.14 bits per heavy atom. The van der Waals surface area contributed by atoms with Gasteiger partial charge in [0.2, 0.25) is 15.9 Å². The molecule has 1 aliphatic rings. The Kier molecular flexibility index (Phi) is 6.62. The summed E-state index contributed by atoms with van der Waals surface area (Å²) in [6, 6.07) is 14.2. The van der Waals surface area contributed by atoms with Gasteiger partial charge in [0.15, 0.2) is 0 Å². The molecule has 8 heteroatoms. The molecule has 0 saturated carbocycles. The first kappa shape index (κ1) is 21.0. The lowest BCUT2D eigenvalue weighted by Gasteiger charge is -2.30. The van der Waals surface area contributed by atoms with Crippen molar-refractivity contribution in [3.63, 3.8) is 0 Å². The summed E-state index contributed by atoms with van der Waals surface area (Å²) in [6.45, 7) is 0.852. The number of halogens is 1. The summed E-state index contributed by atoms with van der Waals surface area (Å²) in [5, 5.41) is 11.7. The van der Waals surface area contributed by atoms with E-state index in [-0.39, 0.29) is 35.6 Å². The van der Waals surface area contributed by atoms with E-state index in [0.29, 0.717) is 36.9 Å². The van der Waals surface area contributed by atoms with Crippen LogP contribution in [0.4, 0.5) is 4.39 Å². The van der Waals surface area contributed by atoms with E-state index in [1.807, 2.05) is 6.07 Å². The molecular formula is C21H22FN3O3S. The molecule has 6 nitrogen and oxygen atoms in total. The summed E-state index contributed by atoms with van der Waals surface area (Å²) in [5.41, 5.74) is 0.950. The molecule has 1 N–H and O–H groups in total. The van der Waals surface area contributed by atoms with Gasteiger partial charge in [0.1, 0.15) is 5.82 Å². The van der Waals surface area contributed by atoms with Crippen LogP contribution < -0.4 is 5.32 Å². The molecule has 0 atom stereocenters. The number of carbonyl (C=O) groups excluding carboxylic acids is 1. The van der Waals surface area contributed by atoms with E-state index >= 15 is 0 Å². The lowest BCUT2D eigenvalue weighted by Crippen LogP contribution is -2.43. The molecule has 1 amide bonds. The molecule has 2 aromatic rings. The van der Waals surface area contributed by atoms with E-state index in [1.54, 1.807) is 18.2 Å². The Morgan fingerprint density at radius 3 is 2.41 bits per heavy atom. The van der Waals surface area contributed by atoms with Gasteiger partial charge in [-0.25, -0.2) is 12.8 Å². The molecule has 0 bridgehead atoms. The highest BCUT2D eigenvalue weighted by Gasteiger charge is 2.31. The Balaban J connectivity index is 1.51. The minimum Gasteiger partial charge on any atom is -0.356 e. The zero-order valence-corrected chi connectivity index (χ0v) is 16.7. The first-order valence-electron chi connectivity index (χ1n) is 9.43. The number of rotatable bonds is 6. The fourth-order valence-corrected chi connectivity index (χ4v) is 4.84. The highest BCUT2D eigenvalue weighted by Crippen LogP contribution is 2.24. The number of hydrogen-bond acceptors (Lipinski definition) is 4. The minimum atomic E-state index is -3.64. The van der Waals surface area contributed by atoms with E-state index in [4.69, 9.17) is 5.26 Å². The molecule has 0 spiro atoms. The van der Waals surface area contributed by atoms with Crippen molar-refractivity contribution in [2.45, 2.75) is 24.2 Å². The van der Waals surface area contributed by atoms with E-state index in [1.165, 1.54) is 34.6 Å². The molecule has 1 saturated heterocycles. The number of sulfonamides is 1. The number of nitrogens with one attached hydrogen (secondary N) is 1. The highest BCUT2D eigenvalue weighted by atomic mass is 32.2. The molecule has 1 aliphatic heterocycles. The quantitative estimate of drug-likeness (QED) is 0.785. The standard InChI is InChI=1S/C21H22FN3O3S/c22-20-4-2-1-3-17(20)9-12-24-21(26)18-10-13-25(14-11-18)29(27,28)19-7-5-16(15-23)6-8-19/h1-8,18H,9-14H2,(H,24,26). The van der Waals surface area contributed by atoms with Crippen molar-refractivity contribution in [1.82, 2.24) is 9.62 Å². The first-order valence-corrected chi connectivity index (χ1v) is 10.9. The second kappa shape index (κ2) is 9.16. The average molecular weight is 415 g/mol. The van der Waals surface area contributed by atoms with Gasteiger partial charge in [-0.2, -0.15) is 9.57 Å². The average Bonchev–Trinajstić information content (AvgIpc) is 2.75. The van der Waals surface area contributed by atoms with Crippen LogP contribution in [-0.4, -0.2) is 38.3 Å². The first-order chi connectivity index (χ1) is 13.9. The molecule has 0 radical (unpaired) electrons. The monoisotopic (exact) mass is 415 g/mol. The summed E-state index contributed by atoms with van der Waals surface area (Å²) in [4.78, 5) is 12.5. The maximum Gasteiger partial charge on any atom is 0.243 e. The summed E-state index contributed by atoms with van der Waals surface area (Å²) >= 11 is 0. The Morgan fingerprint density at radius 2 is 1.79 bits per heavy atom. The van der Waals surface area contributed by atoms with Crippen LogP contribution in [0.5, 0.6) is 0 Å². The third-order valence-electron chi connectivity index (χ3n) is 5.10. The van der Waals surface area contributed by atoms with Crippen molar-refractivity contribution in [2.24, 2.45) is 5.92 Å². The summed E-state index contributed by atoms with van der Waals surface area (Å²) in [6.07, 6.45) is 1.27. The van der Waals surface area contributed by atoms with E-state index in [2.05, 4.69) is 5.32 Å². The number of piperidine rings is 1. The normalized spacial score (nSPS) is 15.6. The molecule has 1 heterocycles. The molecule has 152 valence electrons. The largest absolute Gasteiger partial charge is 0.356 e. The van der Waals surface area contributed by atoms with Crippen LogP contribution in [0.25, 0.3) is 0 Å². The van der Waals surface area contributed by atoms with Crippen molar-refractivity contribution < 1.29 is 17.6 Å². The van der Waals surface area contributed by atoms with Gasteiger partial charge in [0.25, 0.3) is 0 Å². The Labute approximate surface area is 170 Å². The van der Waals surface area contributed by atoms with Crippen molar-refractivity contribution in [3.8, 4) is 6.07 Å². The van der Waals surface area contributed by atoms with Gasteiger partial charge in [-0.05, 0) is 55.2 Å². The fourth-order valence-electron chi connectivity index (χ4n) is 3.37. The molecule has 0 aromatic heterocycles. The molecule has 29 heavy (non-hydrogen) atoms. The molecule has 1 fully saturated rings. The fraction of sp³-hybridized carbons (Fsp3) is 0.333. The van der Waals surface area contributed by atoms with E-state index in [0.717, 1.165) is 0 Å². The maximum absolute atomic E-state index is 13.6. The van der Waals surface area contributed by atoms with E-state index in [9.17, 15) is 17.6 Å². The van der Waals surface area contributed by atoms with Gasteiger partial charge in [0.05, 0.1) is 16.5 Å². The van der Waals surface area contributed by atoms with E-state index < -0.39 is 10.0 Å². The van der Waals surface area contributed by atoms with Gasteiger partial charge in [-0.3, -0.25) is 4.79 Å². The van der Waals surface area contributed by atoms with Crippen LogP contribution in [-0.2, 0) is 21.2 Å². The number of hydrogen-bond donors (Lipinski definition) is 1. The smallest absolute Gasteiger partial charge is 0.243 e. The Hall–Kier alpha value is -2.76. The van der Waals surface area contributed by atoms with Crippen LogP contribution in [0.2, 0.25) is 0 Å².